The molecular formula is C31H27NO2. The second kappa shape index (κ2) is 7.33. The number of aromatic nitrogens is 1. The highest BCUT2D eigenvalue weighted by Crippen LogP contribution is 2.41. The first kappa shape index (κ1) is 20.7. The third kappa shape index (κ3) is 3.15. The van der Waals surface area contributed by atoms with Gasteiger partial charge in [0.15, 0.2) is 5.58 Å². The zero-order valence-electron chi connectivity index (χ0n) is 20.2. The Morgan fingerprint density at radius 2 is 1.59 bits per heavy atom. The van der Waals surface area contributed by atoms with E-state index in [1.807, 2.05) is 31.3 Å². The maximum atomic E-state index is 6.62. The van der Waals surface area contributed by atoms with Crippen LogP contribution in [0.15, 0.2) is 81.8 Å². The molecule has 3 aromatic carbocycles. The van der Waals surface area contributed by atoms with Crippen molar-refractivity contribution in [2.24, 2.45) is 0 Å². The number of pyridine rings is 1. The summed E-state index contributed by atoms with van der Waals surface area (Å²) in [5.41, 5.74) is 7.11. The molecule has 3 aromatic heterocycles. The predicted molar refractivity (Wildman–Crippen MR) is 140 cm³/mol. The van der Waals surface area contributed by atoms with Gasteiger partial charge < -0.3 is 8.83 Å². The molecule has 0 aliphatic heterocycles. The molecule has 0 bridgehead atoms. The normalized spacial score (nSPS) is 12.3. The van der Waals surface area contributed by atoms with Gasteiger partial charge in [0.1, 0.15) is 22.8 Å². The number of rotatable bonds is 2. The Hall–Kier alpha value is -3.85. The van der Waals surface area contributed by atoms with E-state index in [1.54, 1.807) is 0 Å². The minimum Gasteiger partial charge on any atom is -0.461 e. The van der Waals surface area contributed by atoms with Crippen LogP contribution in [0, 0.1) is 13.8 Å². The summed E-state index contributed by atoms with van der Waals surface area (Å²) in [6, 6.07) is 23.3. The maximum Gasteiger partial charge on any atom is 0.161 e. The molecule has 3 heteroatoms. The lowest BCUT2D eigenvalue weighted by atomic mass is 9.82. The van der Waals surface area contributed by atoms with E-state index < -0.39 is 0 Å². The first-order valence-corrected chi connectivity index (χ1v) is 11.7. The second-order valence-corrected chi connectivity index (χ2v) is 10.2. The molecular weight excluding hydrogens is 418 g/mol. The van der Waals surface area contributed by atoms with Gasteiger partial charge >= 0.3 is 0 Å². The van der Waals surface area contributed by atoms with Crippen molar-refractivity contribution in [3.8, 4) is 22.6 Å². The van der Waals surface area contributed by atoms with Crippen LogP contribution in [0.4, 0.5) is 0 Å². The van der Waals surface area contributed by atoms with Crippen LogP contribution in [-0.4, -0.2) is 4.98 Å². The Bertz CT molecular complexity index is 1710. The van der Waals surface area contributed by atoms with Crippen molar-refractivity contribution in [1.82, 2.24) is 4.98 Å². The summed E-state index contributed by atoms with van der Waals surface area (Å²) in [6.45, 7) is 10.9. The Morgan fingerprint density at radius 3 is 2.41 bits per heavy atom. The van der Waals surface area contributed by atoms with E-state index in [9.17, 15) is 0 Å². The molecule has 0 amide bonds. The first-order valence-electron chi connectivity index (χ1n) is 11.7. The van der Waals surface area contributed by atoms with E-state index in [4.69, 9.17) is 13.8 Å². The van der Waals surface area contributed by atoms with Crippen LogP contribution in [0.2, 0.25) is 0 Å². The number of hydrogen-bond donors (Lipinski definition) is 0. The number of furan rings is 2. The van der Waals surface area contributed by atoms with Crippen molar-refractivity contribution in [3.05, 3.63) is 89.8 Å². The van der Waals surface area contributed by atoms with Gasteiger partial charge in [-0.15, -0.1) is 0 Å². The summed E-state index contributed by atoms with van der Waals surface area (Å²) in [7, 11) is 0. The van der Waals surface area contributed by atoms with E-state index in [0.717, 1.165) is 55.8 Å². The largest absolute Gasteiger partial charge is 0.461 e. The molecule has 6 rings (SSSR count). The van der Waals surface area contributed by atoms with Crippen LogP contribution in [-0.2, 0) is 5.41 Å². The molecule has 168 valence electrons. The number of hydrogen-bond acceptors (Lipinski definition) is 3. The van der Waals surface area contributed by atoms with Crippen molar-refractivity contribution in [2.45, 2.75) is 40.0 Å². The van der Waals surface area contributed by atoms with Gasteiger partial charge in [-0.25, -0.2) is 0 Å². The van der Waals surface area contributed by atoms with E-state index in [0.29, 0.717) is 0 Å². The van der Waals surface area contributed by atoms with Crippen LogP contribution < -0.4 is 0 Å². The lowest BCUT2D eigenvalue weighted by Crippen LogP contribution is -2.12. The Kier molecular flexibility index (Phi) is 4.47. The van der Waals surface area contributed by atoms with Crippen LogP contribution in [0.1, 0.15) is 37.7 Å². The summed E-state index contributed by atoms with van der Waals surface area (Å²) in [4.78, 5) is 4.81. The molecule has 0 spiro atoms. The van der Waals surface area contributed by atoms with Crippen LogP contribution in [0.5, 0.6) is 0 Å². The van der Waals surface area contributed by atoms with Gasteiger partial charge in [-0.3, -0.25) is 4.98 Å². The molecule has 0 saturated carbocycles. The molecule has 0 radical (unpaired) electrons. The third-order valence-corrected chi connectivity index (χ3v) is 6.73. The summed E-state index contributed by atoms with van der Waals surface area (Å²) >= 11 is 0. The Balaban J connectivity index is 1.63. The molecule has 3 nitrogen and oxygen atoms in total. The summed E-state index contributed by atoms with van der Waals surface area (Å²) < 4.78 is 12.5. The van der Waals surface area contributed by atoms with E-state index in [-0.39, 0.29) is 5.41 Å². The lowest BCUT2D eigenvalue weighted by molar-refractivity contribution is 0.578. The fourth-order valence-electron chi connectivity index (χ4n) is 5.06. The fraction of sp³-hybridized carbons (Fsp3) is 0.194. The third-order valence-electron chi connectivity index (χ3n) is 6.73. The number of benzene rings is 3. The van der Waals surface area contributed by atoms with Crippen LogP contribution in [0.3, 0.4) is 0 Å². The first-order chi connectivity index (χ1) is 16.3. The maximum absolute atomic E-state index is 6.62. The summed E-state index contributed by atoms with van der Waals surface area (Å²) in [5.74, 6) is 1.76. The molecule has 3 heterocycles. The van der Waals surface area contributed by atoms with Gasteiger partial charge in [0, 0.05) is 33.7 Å². The second-order valence-electron chi connectivity index (χ2n) is 10.2. The number of aryl methyl sites for hydroxylation is 2. The van der Waals surface area contributed by atoms with Crippen molar-refractivity contribution in [1.29, 1.82) is 0 Å². The SMILES string of the molecule is Cc1cc2c(-c3oc4c(-c5cc(C(C)(C)C)c6ccccc6c5)nccc4c3C)cccc2o1. The average molecular weight is 446 g/mol. The van der Waals surface area contributed by atoms with Crippen molar-refractivity contribution < 1.29 is 8.83 Å². The van der Waals surface area contributed by atoms with Gasteiger partial charge in [-0.2, -0.15) is 0 Å². The topological polar surface area (TPSA) is 39.2 Å². The molecule has 0 unspecified atom stereocenters. The molecule has 0 aliphatic rings. The molecule has 0 N–H and O–H groups in total. The van der Waals surface area contributed by atoms with Crippen molar-refractivity contribution in [3.63, 3.8) is 0 Å². The number of fused-ring (bicyclic) bond motifs is 3. The van der Waals surface area contributed by atoms with E-state index >= 15 is 0 Å². The molecule has 0 atom stereocenters. The monoisotopic (exact) mass is 445 g/mol. The minimum absolute atomic E-state index is 0.00252. The summed E-state index contributed by atoms with van der Waals surface area (Å²) in [5, 5.41) is 4.65. The Morgan fingerprint density at radius 1 is 0.765 bits per heavy atom. The average Bonchev–Trinajstić information content (AvgIpc) is 3.36. The highest BCUT2D eigenvalue weighted by atomic mass is 16.3. The zero-order chi connectivity index (χ0) is 23.6. The van der Waals surface area contributed by atoms with Gasteiger partial charge in [0.05, 0.1) is 0 Å². The van der Waals surface area contributed by atoms with Crippen LogP contribution in [0.25, 0.3) is 55.3 Å². The van der Waals surface area contributed by atoms with Crippen molar-refractivity contribution in [2.75, 3.05) is 0 Å². The van der Waals surface area contributed by atoms with E-state index in [2.05, 4.69) is 76.2 Å². The minimum atomic E-state index is 0.00252. The summed E-state index contributed by atoms with van der Waals surface area (Å²) in [6.07, 6.45) is 1.89. The quantitative estimate of drug-likeness (QED) is 0.267. The standard InChI is InChI=1S/C31H27NO2/c1-18-15-25-24(11-8-12-27(25)33-18)29-19(2)22-13-14-32-28(30(22)34-29)21-16-20-9-6-7-10-23(20)26(17-21)31(3,4)5/h6-17H,1-5H3. The van der Waals surface area contributed by atoms with Gasteiger partial charge in [0.2, 0.25) is 0 Å². The molecule has 34 heavy (non-hydrogen) atoms. The van der Waals surface area contributed by atoms with Crippen molar-refractivity contribution >= 4 is 32.7 Å². The lowest BCUT2D eigenvalue weighted by Gasteiger charge is -2.22. The molecule has 0 saturated heterocycles. The van der Waals surface area contributed by atoms with E-state index in [1.165, 1.54) is 16.3 Å². The molecule has 0 fully saturated rings. The molecule has 6 aromatic rings. The predicted octanol–water partition coefficient (Wildman–Crippen LogP) is 8.98. The number of nitrogens with zero attached hydrogens (tertiary/aromatic N) is 1. The van der Waals surface area contributed by atoms with Crippen LogP contribution >= 0.6 is 0 Å². The smallest absolute Gasteiger partial charge is 0.161 e. The van der Waals surface area contributed by atoms with Gasteiger partial charge in [0.25, 0.3) is 0 Å². The fourth-order valence-corrected chi connectivity index (χ4v) is 5.06. The Labute approximate surface area is 199 Å². The highest BCUT2D eigenvalue weighted by molar-refractivity contribution is 6.02. The highest BCUT2D eigenvalue weighted by Gasteiger charge is 2.22. The molecule has 0 aliphatic carbocycles. The zero-order valence-corrected chi connectivity index (χ0v) is 20.2. The van der Waals surface area contributed by atoms with Gasteiger partial charge in [-0.05, 0) is 65.9 Å². The van der Waals surface area contributed by atoms with Gasteiger partial charge in [-0.1, -0.05) is 57.2 Å².